The minimum Gasteiger partial charge on any atom is -0.509 e. The summed E-state index contributed by atoms with van der Waals surface area (Å²) in [5.74, 6) is 0.189. The zero-order chi connectivity index (χ0) is 18.4. The summed E-state index contributed by atoms with van der Waals surface area (Å²) < 4.78 is 15.4. The van der Waals surface area contributed by atoms with Crippen molar-refractivity contribution in [2.45, 2.75) is 13.5 Å². The highest BCUT2D eigenvalue weighted by Crippen LogP contribution is 2.33. The molecular weight excluding hydrogens is 355 g/mol. The summed E-state index contributed by atoms with van der Waals surface area (Å²) in [6, 6.07) is 11.9. The molecule has 5 nitrogen and oxygen atoms in total. The molecule has 0 amide bonds. The maximum absolute atomic E-state index is 13.4. The first kappa shape index (κ1) is 16.6. The highest BCUT2D eigenvalue weighted by molar-refractivity contribution is 6.32. The van der Waals surface area contributed by atoms with Gasteiger partial charge in [-0.15, -0.1) is 0 Å². The highest BCUT2D eigenvalue weighted by atomic mass is 35.5. The standard InChI is InChI=1S/C19H16ClFN4O/c1-2-24-15-6-4-3-5-14(15)23-19(24)17-16(26)10-25(18(17)22)11-7-8-13(21)12(20)9-11/h3-9,22,26H,2,10H2,1H3. The monoisotopic (exact) mass is 370 g/mol. The number of benzene rings is 2. The SMILES string of the molecule is CCn1c(C2=C(O)CN(c3ccc(F)c(Cl)c3)C2=N)nc2ccccc21. The summed E-state index contributed by atoms with van der Waals surface area (Å²) in [4.78, 5) is 6.20. The smallest absolute Gasteiger partial charge is 0.148 e. The van der Waals surface area contributed by atoms with Crippen LogP contribution in [0.1, 0.15) is 12.7 Å². The van der Waals surface area contributed by atoms with E-state index in [1.165, 1.54) is 18.2 Å². The Morgan fingerprint density at radius 2 is 2.04 bits per heavy atom. The van der Waals surface area contributed by atoms with Gasteiger partial charge in [0, 0.05) is 12.2 Å². The van der Waals surface area contributed by atoms with Crippen molar-refractivity contribution in [3.05, 3.63) is 64.9 Å². The number of aryl methyl sites for hydroxylation is 1. The maximum Gasteiger partial charge on any atom is 0.148 e. The molecule has 1 aliphatic heterocycles. The average molecular weight is 371 g/mol. The first-order valence-electron chi connectivity index (χ1n) is 8.20. The van der Waals surface area contributed by atoms with Crippen LogP contribution in [0.15, 0.2) is 48.2 Å². The van der Waals surface area contributed by atoms with Gasteiger partial charge in [0.1, 0.15) is 23.2 Å². The number of nitrogens with zero attached hydrogens (tertiary/aromatic N) is 3. The normalized spacial score (nSPS) is 14.7. The minimum absolute atomic E-state index is 0.0240. The molecule has 4 rings (SSSR count). The first-order valence-corrected chi connectivity index (χ1v) is 8.58. The molecule has 1 aromatic heterocycles. The fraction of sp³-hybridized carbons (Fsp3) is 0.158. The average Bonchev–Trinajstić information content (AvgIpc) is 3.13. The van der Waals surface area contributed by atoms with Crippen molar-refractivity contribution in [3.63, 3.8) is 0 Å². The van der Waals surface area contributed by atoms with Crippen LogP contribution in [0.3, 0.4) is 0 Å². The van der Waals surface area contributed by atoms with Gasteiger partial charge in [-0.3, -0.25) is 5.41 Å². The third-order valence-electron chi connectivity index (χ3n) is 4.51. The van der Waals surface area contributed by atoms with E-state index in [0.717, 1.165) is 11.0 Å². The number of aliphatic hydroxyl groups is 1. The van der Waals surface area contributed by atoms with E-state index < -0.39 is 5.82 Å². The van der Waals surface area contributed by atoms with Crippen LogP contribution in [0.5, 0.6) is 0 Å². The largest absolute Gasteiger partial charge is 0.509 e. The van der Waals surface area contributed by atoms with Crippen molar-refractivity contribution in [3.8, 4) is 0 Å². The third kappa shape index (κ3) is 2.45. The van der Waals surface area contributed by atoms with Gasteiger partial charge in [-0.05, 0) is 37.3 Å². The Morgan fingerprint density at radius 1 is 1.27 bits per heavy atom. The highest BCUT2D eigenvalue weighted by Gasteiger charge is 2.32. The number of anilines is 1. The zero-order valence-corrected chi connectivity index (χ0v) is 14.8. The van der Waals surface area contributed by atoms with E-state index in [2.05, 4.69) is 4.98 Å². The van der Waals surface area contributed by atoms with E-state index in [0.29, 0.717) is 23.6 Å². The number of halogens is 2. The Balaban J connectivity index is 1.79. The Morgan fingerprint density at radius 3 is 2.77 bits per heavy atom. The fourth-order valence-corrected chi connectivity index (χ4v) is 3.45. The van der Waals surface area contributed by atoms with Gasteiger partial charge in [-0.25, -0.2) is 9.37 Å². The lowest BCUT2D eigenvalue weighted by Gasteiger charge is -2.19. The summed E-state index contributed by atoms with van der Waals surface area (Å²) in [5, 5.41) is 19.1. The topological polar surface area (TPSA) is 65.1 Å². The molecule has 0 spiro atoms. The van der Waals surface area contributed by atoms with Crippen molar-refractivity contribution in [2.75, 3.05) is 11.4 Å². The van der Waals surface area contributed by atoms with Crippen LogP contribution in [-0.2, 0) is 6.54 Å². The van der Waals surface area contributed by atoms with Crippen molar-refractivity contribution in [2.24, 2.45) is 0 Å². The van der Waals surface area contributed by atoms with Crippen LogP contribution in [0.25, 0.3) is 16.6 Å². The molecule has 0 radical (unpaired) electrons. The number of amidine groups is 1. The van der Waals surface area contributed by atoms with Crippen molar-refractivity contribution in [1.82, 2.24) is 9.55 Å². The van der Waals surface area contributed by atoms with Gasteiger partial charge >= 0.3 is 0 Å². The van der Waals surface area contributed by atoms with E-state index >= 15 is 0 Å². The summed E-state index contributed by atoms with van der Waals surface area (Å²) in [7, 11) is 0. The van der Waals surface area contributed by atoms with Crippen LogP contribution in [0, 0.1) is 11.2 Å². The van der Waals surface area contributed by atoms with E-state index in [9.17, 15) is 9.50 Å². The van der Waals surface area contributed by atoms with Gasteiger partial charge < -0.3 is 14.6 Å². The molecule has 0 saturated heterocycles. The Labute approximate surface area is 154 Å². The second-order valence-corrected chi connectivity index (χ2v) is 6.43. The molecule has 0 unspecified atom stereocenters. The summed E-state index contributed by atoms with van der Waals surface area (Å²) in [5.41, 5.74) is 2.67. The van der Waals surface area contributed by atoms with Crippen molar-refractivity contribution >= 4 is 39.7 Å². The molecule has 7 heteroatoms. The van der Waals surface area contributed by atoms with Crippen LogP contribution >= 0.6 is 11.6 Å². The molecule has 3 aromatic rings. The predicted octanol–water partition coefficient (Wildman–Crippen LogP) is 4.62. The summed E-state index contributed by atoms with van der Waals surface area (Å²) >= 11 is 5.87. The first-order chi connectivity index (χ1) is 12.5. The number of nitrogens with one attached hydrogen (secondary N) is 1. The van der Waals surface area contributed by atoms with Gasteiger partial charge in [0.25, 0.3) is 0 Å². The van der Waals surface area contributed by atoms with Gasteiger partial charge in [0.05, 0.1) is 28.2 Å². The number of aromatic nitrogens is 2. The van der Waals surface area contributed by atoms with Gasteiger partial charge in [0.15, 0.2) is 0 Å². The molecule has 1 aliphatic rings. The van der Waals surface area contributed by atoms with E-state index in [1.54, 1.807) is 4.90 Å². The van der Waals surface area contributed by atoms with Gasteiger partial charge in [-0.2, -0.15) is 0 Å². The lowest BCUT2D eigenvalue weighted by atomic mass is 10.2. The Bertz CT molecular complexity index is 1070. The quantitative estimate of drug-likeness (QED) is 0.707. The van der Waals surface area contributed by atoms with E-state index in [4.69, 9.17) is 17.0 Å². The second-order valence-electron chi connectivity index (χ2n) is 6.02. The summed E-state index contributed by atoms with van der Waals surface area (Å²) in [6.45, 7) is 2.76. The lowest BCUT2D eigenvalue weighted by molar-refractivity contribution is 0.411. The van der Waals surface area contributed by atoms with Crippen molar-refractivity contribution in [1.29, 1.82) is 5.41 Å². The third-order valence-corrected chi connectivity index (χ3v) is 4.80. The van der Waals surface area contributed by atoms with Crippen LogP contribution in [-0.4, -0.2) is 27.0 Å². The number of para-hydroxylation sites is 2. The van der Waals surface area contributed by atoms with Gasteiger partial charge in [-0.1, -0.05) is 23.7 Å². The molecule has 0 bridgehead atoms. The van der Waals surface area contributed by atoms with Crippen molar-refractivity contribution < 1.29 is 9.50 Å². The molecule has 0 fully saturated rings. The molecule has 26 heavy (non-hydrogen) atoms. The Hall–Kier alpha value is -2.86. The van der Waals surface area contributed by atoms with E-state index in [-0.39, 0.29) is 23.2 Å². The van der Waals surface area contributed by atoms with Crippen LogP contribution in [0.4, 0.5) is 10.1 Å². The summed E-state index contributed by atoms with van der Waals surface area (Å²) in [6.07, 6.45) is 0. The van der Waals surface area contributed by atoms with Gasteiger partial charge in [0.2, 0.25) is 0 Å². The minimum atomic E-state index is -0.522. The molecule has 0 aliphatic carbocycles. The molecule has 0 atom stereocenters. The second kappa shape index (κ2) is 6.14. The molecule has 2 heterocycles. The number of imidazole rings is 1. The Kier molecular flexibility index (Phi) is 3.92. The molecule has 0 saturated carbocycles. The lowest BCUT2D eigenvalue weighted by Crippen LogP contribution is -2.26. The number of hydrogen-bond donors (Lipinski definition) is 2. The molecule has 132 valence electrons. The number of rotatable bonds is 3. The molecule has 2 N–H and O–H groups in total. The number of hydrogen-bond acceptors (Lipinski definition) is 3. The number of fused-ring (bicyclic) bond motifs is 1. The zero-order valence-electron chi connectivity index (χ0n) is 14.0. The number of aliphatic hydroxyl groups excluding tert-OH is 1. The fourth-order valence-electron chi connectivity index (χ4n) is 3.27. The van der Waals surface area contributed by atoms with Crippen LogP contribution in [0.2, 0.25) is 5.02 Å². The molecular formula is C19H16ClFN4O. The van der Waals surface area contributed by atoms with Crippen LogP contribution < -0.4 is 4.90 Å². The predicted molar refractivity (Wildman–Crippen MR) is 101 cm³/mol. The van der Waals surface area contributed by atoms with E-state index in [1.807, 2.05) is 35.8 Å². The maximum atomic E-state index is 13.4. The molecule has 2 aromatic carbocycles.